The van der Waals surface area contributed by atoms with Crippen molar-refractivity contribution in [3.63, 3.8) is 0 Å². The molecule has 1 aromatic rings. The maximum Gasteiger partial charge on any atom is 0.295 e. The molecule has 1 fully saturated rings. The molecule has 6 heteroatoms. The van der Waals surface area contributed by atoms with Gasteiger partial charge in [0.1, 0.15) is 0 Å². The van der Waals surface area contributed by atoms with Crippen LogP contribution in [0.1, 0.15) is 29.4 Å². The minimum absolute atomic E-state index is 0.0655. The van der Waals surface area contributed by atoms with E-state index in [1.54, 1.807) is 11.8 Å². The molecule has 2 heterocycles. The number of rotatable bonds is 1. The van der Waals surface area contributed by atoms with E-state index in [1.807, 2.05) is 0 Å². The third kappa shape index (κ3) is 2.15. The molecular weight excluding hydrogens is 196 g/mol. The predicted octanol–water partition coefficient (Wildman–Crippen LogP) is -0.0587. The van der Waals surface area contributed by atoms with Gasteiger partial charge in [-0.3, -0.25) is 4.79 Å². The summed E-state index contributed by atoms with van der Waals surface area (Å²) in [5, 5.41) is 3.60. The molecule has 15 heavy (non-hydrogen) atoms. The highest BCUT2D eigenvalue weighted by molar-refractivity contribution is 5.90. The largest absolute Gasteiger partial charge is 0.339 e. The number of hydrogen-bond donors (Lipinski definition) is 1. The predicted molar refractivity (Wildman–Crippen MR) is 52.1 cm³/mol. The van der Waals surface area contributed by atoms with E-state index in [1.165, 1.54) is 0 Å². The minimum Gasteiger partial charge on any atom is -0.339 e. The van der Waals surface area contributed by atoms with Crippen LogP contribution in [0, 0.1) is 6.92 Å². The molecule has 82 valence electrons. The number of nitrogens with two attached hydrogens (primary N) is 1. The van der Waals surface area contributed by atoms with Gasteiger partial charge in [-0.2, -0.15) is 4.98 Å². The van der Waals surface area contributed by atoms with E-state index in [0.29, 0.717) is 12.4 Å². The lowest BCUT2D eigenvalue weighted by molar-refractivity contribution is 0.0693. The molecule has 1 atom stereocenters. The molecule has 0 spiro atoms. The van der Waals surface area contributed by atoms with E-state index in [0.717, 1.165) is 19.4 Å². The molecule has 0 radical (unpaired) electrons. The van der Waals surface area contributed by atoms with E-state index in [-0.39, 0.29) is 17.8 Å². The number of carbonyl (C=O) groups is 1. The number of likely N-dealkylation sites (tertiary alicyclic amines) is 1. The molecule has 2 rings (SSSR count). The Morgan fingerprint density at radius 1 is 1.67 bits per heavy atom. The number of aryl methyl sites for hydroxylation is 1. The summed E-state index contributed by atoms with van der Waals surface area (Å²) in [6.07, 6.45) is 1.90. The van der Waals surface area contributed by atoms with Crippen molar-refractivity contribution in [2.75, 3.05) is 13.1 Å². The number of hydrogen-bond acceptors (Lipinski definition) is 5. The lowest BCUT2D eigenvalue weighted by Gasteiger charge is -2.29. The molecule has 1 aliphatic heterocycles. The van der Waals surface area contributed by atoms with Crippen LogP contribution in [-0.4, -0.2) is 40.1 Å². The molecular formula is C9H14N4O2. The lowest BCUT2D eigenvalue weighted by Crippen LogP contribution is -2.46. The van der Waals surface area contributed by atoms with Crippen molar-refractivity contribution in [1.29, 1.82) is 0 Å². The first-order valence-corrected chi connectivity index (χ1v) is 5.02. The summed E-state index contributed by atoms with van der Waals surface area (Å²) in [4.78, 5) is 17.4. The molecule has 1 amide bonds. The first-order valence-electron chi connectivity index (χ1n) is 5.02. The summed E-state index contributed by atoms with van der Waals surface area (Å²) in [6, 6.07) is 0.0655. The summed E-state index contributed by atoms with van der Waals surface area (Å²) in [7, 11) is 0. The van der Waals surface area contributed by atoms with Gasteiger partial charge in [0, 0.05) is 26.1 Å². The van der Waals surface area contributed by atoms with Crippen molar-refractivity contribution in [2.45, 2.75) is 25.8 Å². The zero-order chi connectivity index (χ0) is 10.8. The maximum absolute atomic E-state index is 11.8. The van der Waals surface area contributed by atoms with Gasteiger partial charge in [0.15, 0.2) is 0 Å². The van der Waals surface area contributed by atoms with Crippen molar-refractivity contribution < 1.29 is 9.32 Å². The summed E-state index contributed by atoms with van der Waals surface area (Å²) < 4.78 is 4.76. The van der Waals surface area contributed by atoms with Crippen molar-refractivity contribution in [1.82, 2.24) is 15.0 Å². The average molecular weight is 210 g/mol. The van der Waals surface area contributed by atoms with Crippen LogP contribution in [0.15, 0.2) is 4.52 Å². The minimum atomic E-state index is -0.193. The Labute approximate surface area is 87.4 Å². The van der Waals surface area contributed by atoms with Gasteiger partial charge in [-0.25, -0.2) is 0 Å². The topological polar surface area (TPSA) is 85.2 Å². The number of aromatic nitrogens is 2. The normalized spacial score (nSPS) is 21.7. The van der Waals surface area contributed by atoms with Gasteiger partial charge in [-0.05, 0) is 12.8 Å². The first kappa shape index (κ1) is 10.1. The van der Waals surface area contributed by atoms with Gasteiger partial charge in [0.2, 0.25) is 5.89 Å². The fraction of sp³-hybridized carbons (Fsp3) is 0.667. The fourth-order valence-corrected chi connectivity index (χ4v) is 1.72. The molecule has 0 aromatic carbocycles. The van der Waals surface area contributed by atoms with Crippen LogP contribution in [0.3, 0.4) is 0 Å². The highest BCUT2D eigenvalue weighted by Crippen LogP contribution is 2.11. The van der Waals surface area contributed by atoms with Crippen LogP contribution in [0.2, 0.25) is 0 Å². The molecule has 2 N–H and O–H groups in total. The third-order valence-electron chi connectivity index (χ3n) is 2.46. The second-order valence-corrected chi connectivity index (χ2v) is 3.79. The molecule has 1 unspecified atom stereocenters. The Balaban J connectivity index is 2.07. The van der Waals surface area contributed by atoms with E-state index in [4.69, 9.17) is 10.3 Å². The molecule has 1 aliphatic rings. The standard InChI is InChI=1S/C9H14N4O2/c1-6-11-8(12-15-6)9(14)13-4-2-3-7(10)5-13/h7H,2-5,10H2,1H3. The zero-order valence-corrected chi connectivity index (χ0v) is 8.64. The van der Waals surface area contributed by atoms with E-state index in [9.17, 15) is 4.79 Å². The summed E-state index contributed by atoms with van der Waals surface area (Å²) >= 11 is 0. The van der Waals surface area contributed by atoms with Gasteiger partial charge in [-0.15, -0.1) is 0 Å². The third-order valence-corrected chi connectivity index (χ3v) is 2.46. The second kappa shape index (κ2) is 3.98. The van der Waals surface area contributed by atoms with Gasteiger partial charge in [0.25, 0.3) is 11.7 Å². The highest BCUT2D eigenvalue weighted by atomic mass is 16.5. The Morgan fingerprint density at radius 2 is 2.47 bits per heavy atom. The van der Waals surface area contributed by atoms with Crippen LogP contribution in [0.5, 0.6) is 0 Å². The molecule has 1 saturated heterocycles. The van der Waals surface area contributed by atoms with Crippen LogP contribution in [0.25, 0.3) is 0 Å². The van der Waals surface area contributed by atoms with Gasteiger partial charge in [0.05, 0.1) is 0 Å². The van der Waals surface area contributed by atoms with Crippen LogP contribution in [0.4, 0.5) is 0 Å². The number of amides is 1. The summed E-state index contributed by atoms with van der Waals surface area (Å²) in [5.41, 5.74) is 5.79. The Hall–Kier alpha value is -1.43. The van der Waals surface area contributed by atoms with Crippen LogP contribution >= 0.6 is 0 Å². The molecule has 6 nitrogen and oxygen atoms in total. The Kier molecular flexibility index (Phi) is 2.68. The van der Waals surface area contributed by atoms with Crippen molar-refractivity contribution in [3.05, 3.63) is 11.7 Å². The SMILES string of the molecule is Cc1nc(C(=O)N2CCCC(N)C2)no1. The number of nitrogens with zero attached hydrogens (tertiary/aromatic N) is 3. The molecule has 1 aromatic heterocycles. The lowest BCUT2D eigenvalue weighted by atomic mass is 10.1. The highest BCUT2D eigenvalue weighted by Gasteiger charge is 2.25. The molecule has 0 bridgehead atoms. The summed E-state index contributed by atoms with van der Waals surface area (Å²) in [5.74, 6) is 0.336. The van der Waals surface area contributed by atoms with Crippen molar-refractivity contribution in [2.24, 2.45) is 5.73 Å². The first-order chi connectivity index (χ1) is 7.16. The van der Waals surface area contributed by atoms with Gasteiger partial charge >= 0.3 is 0 Å². The van der Waals surface area contributed by atoms with E-state index < -0.39 is 0 Å². The zero-order valence-electron chi connectivity index (χ0n) is 8.64. The average Bonchev–Trinajstić information content (AvgIpc) is 2.64. The van der Waals surface area contributed by atoms with Crippen LogP contribution < -0.4 is 5.73 Å². The van der Waals surface area contributed by atoms with Crippen LogP contribution in [-0.2, 0) is 0 Å². The monoisotopic (exact) mass is 210 g/mol. The summed E-state index contributed by atoms with van der Waals surface area (Å²) in [6.45, 7) is 2.96. The number of piperidine rings is 1. The maximum atomic E-state index is 11.8. The van der Waals surface area contributed by atoms with Gasteiger partial charge < -0.3 is 15.2 Å². The second-order valence-electron chi connectivity index (χ2n) is 3.79. The van der Waals surface area contributed by atoms with E-state index >= 15 is 0 Å². The fourth-order valence-electron chi connectivity index (χ4n) is 1.72. The molecule has 0 saturated carbocycles. The van der Waals surface area contributed by atoms with Crippen molar-refractivity contribution >= 4 is 5.91 Å². The Morgan fingerprint density at radius 3 is 3.07 bits per heavy atom. The quantitative estimate of drug-likeness (QED) is 0.702. The molecule has 0 aliphatic carbocycles. The number of carbonyl (C=O) groups excluding carboxylic acids is 1. The Bertz CT molecular complexity index is 363. The smallest absolute Gasteiger partial charge is 0.295 e. The van der Waals surface area contributed by atoms with E-state index in [2.05, 4.69) is 10.1 Å². The van der Waals surface area contributed by atoms with Gasteiger partial charge in [-0.1, -0.05) is 5.16 Å². The van der Waals surface area contributed by atoms with Crippen molar-refractivity contribution in [3.8, 4) is 0 Å².